The fourth-order valence-corrected chi connectivity index (χ4v) is 3.07. The molecule has 2 N–H and O–H groups in total. The van der Waals surface area contributed by atoms with Crippen LogP contribution in [-0.2, 0) is 28.9 Å². The molecule has 1 aliphatic rings. The van der Waals surface area contributed by atoms with Crippen LogP contribution in [0.2, 0.25) is 0 Å². The fourth-order valence-electron chi connectivity index (χ4n) is 3.07. The highest BCUT2D eigenvalue weighted by molar-refractivity contribution is 14.0. The monoisotopic (exact) mass is 494 g/mol. The molecule has 0 unspecified atom stereocenters. The lowest BCUT2D eigenvalue weighted by Crippen LogP contribution is -2.37. The van der Waals surface area contributed by atoms with Gasteiger partial charge in [0.25, 0.3) is 0 Å². The Kier molecular flexibility index (Phi) is 12.7. The van der Waals surface area contributed by atoms with Crippen molar-refractivity contribution in [2.24, 2.45) is 10.9 Å². The van der Waals surface area contributed by atoms with E-state index in [0.717, 1.165) is 88.1 Å². The van der Waals surface area contributed by atoms with Crippen LogP contribution >= 0.6 is 24.0 Å². The third kappa shape index (κ3) is 8.35. The third-order valence-corrected chi connectivity index (χ3v) is 4.72. The number of nitrogens with one attached hydrogen (secondary N) is 2. The number of nitrogens with zero attached hydrogens (tertiary/aromatic N) is 2. The Morgan fingerprint density at radius 2 is 2.00 bits per heavy atom. The Morgan fingerprint density at radius 3 is 2.67 bits per heavy atom. The molecule has 1 aromatic rings. The Balaban J connectivity index is 0.00000364. The van der Waals surface area contributed by atoms with Crippen LogP contribution in [0, 0.1) is 5.92 Å². The summed E-state index contributed by atoms with van der Waals surface area (Å²) in [5.74, 6) is 2.40. The van der Waals surface area contributed by atoms with Gasteiger partial charge in [-0.1, -0.05) is 19.0 Å². The summed E-state index contributed by atoms with van der Waals surface area (Å²) < 4.78 is 16.6. The Hall–Kier alpha value is -0.870. The zero-order valence-electron chi connectivity index (χ0n) is 16.9. The number of hydrogen-bond acceptors (Lipinski definition) is 5. The Morgan fingerprint density at radius 1 is 1.22 bits per heavy atom. The van der Waals surface area contributed by atoms with Crippen molar-refractivity contribution >= 4 is 29.9 Å². The molecular weight excluding hydrogens is 459 g/mol. The third-order valence-electron chi connectivity index (χ3n) is 4.72. The number of guanidine groups is 1. The molecule has 1 aromatic heterocycles. The van der Waals surface area contributed by atoms with Gasteiger partial charge in [-0.05, 0) is 31.6 Å². The van der Waals surface area contributed by atoms with Crippen LogP contribution in [0.3, 0.4) is 0 Å². The van der Waals surface area contributed by atoms with Gasteiger partial charge < -0.3 is 24.6 Å². The first-order valence-electron chi connectivity index (χ1n) is 9.84. The maximum absolute atomic E-state index is 5.79. The quantitative estimate of drug-likeness (QED) is 0.225. The molecule has 0 aromatic carbocycles. The van der Waals surface area contributed by atoms with E-state index in [4.69, 9.17) is 14.0 Å². The number of rotatable bonds is 10. The van der Waals surface area contributed by atoms with Gasteiger partial charge in [0.2, 0.25) is 0 Å². The summed E-state index contributed by atoms with van der Waals surface area (Å²) in [6.45, 7) is 9.06. The molecule has 0 radical (unpaired) electrons. The van der Waals surface area contributed by atoms with E-state index in [0.29, 0.717) is 12.5 Å². The highest BCUT2D eigenvalue weighted by Gasteiger charge is 2.14. The summed E-state index contributed by atoms with van der Waals surface area (Å²) >= 11 is 0. The van der Waals surface area contributed by atoms with Gasteiger partial charge in [-0.2, -0.15) is 0 Å². The summed E-state index contributed by atoms with van der Waals surface area (Å²) in [5, 5.41) is 10.8. The normalized spacial score (nSPS) is 15.4. The van der Waals surface area contributed by atoms with Gasteiger partial charge in [-0.3, -0.25) is 4.99 Å². The Bertz CT molecular complexity index is 524. The molecule has 8 heteroatoms. The van der Waals surface area contributed by atoms with E-state index >= 15 is 0 Å². The van der Waals surface area contributed by atoms with E-state index in [1.165, 1.54) is 0 Å². The van der Waals surface area contributed by atoms with Gasteiger partial charge in [0.1, 0.15) is 5.76 Å². The molecule has 0 amide bonds. The first-order chi connectivity index (χ1) is 12.8. The van der Waals surface area contributed by atoms with Gasteiger partial charge in [-0.25, -0.2) is 0 Å². The topological polar surface area (TPSA) is 80.9 Å². The minimum Gasteiger partial charge on any atom is -0.381 e. The second kappa shape index (κ2) is 14.2. The predicted molar refractivity (Wildman–Crippen MR) is 118 cm³/mol. The van der Waals surface area contributed by atoms with Crippen molar-refractivity contribution in [2.45, 2.75) is 52.5 Å². The van der Waals surface area contributed by atoms with Gasteiger partial charge >= 0.3 is 0 Å². The van der Waals surface area contributed by atoms with Crippen molar-refractivity contribution in [1.29, 1.82) is 0 Å². The number of aromatic nitrogens is 1. The van der Waals surface area contributed by atoms with Crippen molar-refractivity contribution in [3.63, 3.8) is 0 Å². The molecule has 1 fully saturated rings. The molecule has 0 atom stereocenters. The lowest BCUT2D eigenvalue weighted by molar-refractivity contribution is 0.0203. The maximum Gasteiger partial charge on any atom is 0.191 e. The highest BCUT2D eigenvalue weighted by atomic mass is 127. The minimum atomic E-state index is 0. The van der Waals surface area contributed by atoms with E-state index in [-0.39, 0.29) is 24.0 Å². The van der Waals surface area contributed by atoms with Crippen LogP contribution in [0.15, 0.2) is 9.52 Å². The number of aliphatic imine (C=N–C) groups is 1. The molecule has 0 spiro atoms. The van der Waals surface area contributed by atoms with Crippen LogP contribution in [-0.4, -0.2) is 51.1 Å². The van der Waals surface area contributed by atoms with Crippen molar-refractivity contribution in [2.75, 3.05) is 40.0 Å². The minimum absolute atomic E-state index is 0. The first-order valence-corrected chi connectivity index (χ1v) is 9.84. The lowest BCUT2D eigenvalue weighted by Gasteiger charge is -2.21. The van der Waals surface area contributed by atoms with Crippen LogP contribution in [0.1, 0.15) is 50.1 Å². The summed E-state index contributed by atoms with van der Waals surface area (Å²) in [6.07, 6.45) is 4.92. The molecule has 2 rings (SSSR count). The fraction of sp³-hybridized carbons (Fsp3) is 0.789. The summed E-state index contributed by atoms with van der Waals surface area (Å²) in [7, 11) is 1.78. The summed E-state index contributed by atoms with van der Waals surface area (Å²) in [4.78, 5) is 4.28. The zero-order chi connectivity index (χ0) is 18.6. The molecule has 2 heterocycles. The maximum atomic E-state index is 5.79. The summed E-state index contributed by atoms with van der Waals surface area (Å²) in [5.41, 5.74) is 2.17. The highest BCUT2D eigenvalue weighted by Crippen LogP contribution is 2.15. The predicted octanol–water partition coefficient (Wildman–Crippen LogP) is 2.92. The average Bonchev–Trinajstić information content (AvgIpc) is 3.09. The molecule has 7 nitrogen and oxygen atoms in total. The zero-order valence-corrected chi connectivity index (χ0v) is 19.2. The molecular formula is C19H35IN4O3. The number of halogens is 1. The number of hydrogen-bond donors (Lipinski definition) is 2. The smallest absolute Gasteiger partial charge is 0.191 e. The van der Waals surface area contributed by atoms with Crippen LogP contribution < -0.4 is 10.6 Å². The molecule has 0 aliphatic carbocycles. The summed E-state index contributed by atoms with van der Waals surface area (Å²) in [6, 6.07) is 0. The van der Waals surface area contributed by atoms with Crippen molar-refractivity contribution in [1.82, 2.24) is 15.8 Å². The van der Waals surface area contributed by atoms with Gasteiger partial charge in [0.05, 0.1) is 5.69 Å². The molecule has 1 aliphatic heterocycles. The average molecular weight is 494 g/mol. The van der Waals surface area contributed by atoms with Gasteiger partial charge in [-0.15, -0.1) is 24.0 Å². The van der Waals surface area contributed by atoms with E-state index in [2.05, 4.69) is 34.6 Å². The Labute approximate surface area is 180 Å². The molecule has 156 valence electrons. The number of ether oxygens (including phenoxy) is 2. The van der Waals surface area contributed by atoms with Crippen molar-refractivity contribution in [3.8, 4) is 0 Å². The second-order valence-corrected chi connectivity index (χ2v) is 6.57. The van der Waals surface area contributed by atoms with Crippen LogP contribution in [0.5, 0.6) is 0 Å². The number of aryl methyl sites for hydroxylation is 2. The van der Waals surface area contributed by atoms with Gasteiger partial charge in [0, 0.05) is 58.5 Å². The first kappa shape index (κ1) is 24.2. The SMILES string of the molecule is CCc1noc(CC)c1CNC(=NC)NCCCOCC1CCOCC1.I. The van der Waals surface area contributed by atoms with Crippen molar-refractivity contribution in [3.05, 3.63) is 17.0 Å². The molecule has 0 bridgehead atoms. The van der Waals surface area contributed by atoms with Gasteiger partial charge in [0.15, 0.2) is 5.96 Å². The molecule has 27 heavy (non-hydrogen) atoms. The molecule has 0 saturated carbocycles. The largest absolute Gasteiger partial charge is 0.381 e. The standard InChI is InChI=1S/C19H34N4O3.HI/c1-4-17-16(18(5-2)26-23-17)13-22-19(20-3)21-9-6-10-25-14-15-7-11-24-12-8-15;/h15H,4-14H2,1-3H3,(H2,20,21,22);1H. The lowest BCUT2D eigenvalue weighted by atomic mass is 10.0. The molecule has 1 saturated heterocycles. The van der Waals surface area contributed by atoms with E-state index in [9.17, 15) is 0 Å². The van der Waals surface area contributed by atoms with Crippen LogP contribution in [0.25, 0.3) is 0 Å². The van der Waals surface area contributed by atoms with Crippen molar-refractivity contribution < 1.29 is 14.0 Å². The second-order valence-electron chi connectivity index (χ2n) is 6.57. The van der Waals surface area contributed by atoms with Crippen LogP contribution in [0.4, 0.5) is 0 Å². The van der Waals surface area contributed by atoms with E-state index in [1.54, 1.807) is 7.05 Å². The van der Waals surface area contributed by atoms with E-state index in [1.807, 2.05) is 0 Å². The van der Waals surface area contributed by atoms with E-state index < -0.39 is 0 Å².